The number of rotatable bonds is 6. The van der Waals surface area contributed by atoms with Crippen LogP contribution in [0.1, 0.15) is 31.0 Å². The van der Waals surface area contributed by atoms with Gasteiger partial charge in [0.1, 0.15) is 5.75 Å². The van der Waals surface area contributed by atoms with E-state index in [1.165, 1.54) is 6.42 Å². The van der Waals surface area contributed by atoms with E-state index < -0.39 is 0 Å². The number of aromatic nitrogens is 1. The van der Waals surface area contributed by atoms with Crippen molar-refractivity contribution >= 4 is 5.91 Å². The first-order valence-electron chi connectivity index (χ1n) is 7.24. The van der Waals surface area contributed by atoms with Gasteiger partial charge in [0.15, 0.2) is 6.61 Å². The van der Waals surface area contributed by atoms with Crippen molar-refractivity contribution in [1.29, 1.82) is 0 Å². The summed E-state index contributed by atoms with van der Waals surface area (Å²) in [6.45, 7) is 2.82. The van der Waals surface area contributed by atoms with Gasteiger partial charge in [-0.2, -0.15) is 0 Å². The summed E-state index contributed by atoms with van der Waals surface area (Å²) in [4.78, 5) is 18.0. The van der Waals surface area contributed by atoms with Crippen molar-refractivity contribution in [2.45, 2.75) is 32.6 Å². The maximum absolute atomic E-state index is 12.0. The van der Waals surface area contributed by atoms with Gasteiger partial charge >= 0.3 is 0 Å². The molecule has 5 nitrogen and oxygen atoms in total. The molecule has 1 N–H and O–H groups in total. The van der Waals surface area contributed by atoms with E-state index in [1.54, 1.807) is 11.1 Å². The number of pyridine rings is 1. The Hall–Kier alpha value is -1.62. The lowest BCUT2D eigenvalue weighted by molar-refractivity contribution is -0.133. The second-order valence-electron chi connectivity index (χ2n) is 4.93. The van der Waals surface area contributed by atoms with Crippen LogP contribution in [0.2, 0.25) is 0 Å². The van der Waals surface area contributed by atoms with Crippen LogP contribution in [0, 0.1) is 0 Å². The Morgan fingerprint density at radius 3 is 3.00 bits per heavy atom. The highest BCUT2D eigenvalue weighted by atomic mass is 16.5. The van der Waals surface area contributed by atoms with Gasteiger partial charge in [0.25, 0.3) is 5.91 Å². The minimum Gasteiger partial charge on any atom is -0.483 e. The molecule has 1 aromatic heterocycles. The number of ether oxygens (including phenoxy) is 1. The van der Waals surface area contributed by atoms with Crippen molar-refractivity contribution in [3.05, 3.63) is 23.5 Å². The molecule has 0 aliphatic heterocycles. The highest BCUT2D eigenvalue weighted by Gasteiger charge is 2.17. The van der Waals surface area contributed by atoms with Crippen LogP contribution in [0.15, 0.2) is 12.3 Å². The predicted molar refractivity (Wildman–Crippen MR) is 75.7 cm³/mol. The molecule has 0 radical (unpaired) electrons. The van der Waals surface area contributed by atoms with E-state index in [0.29, 0.717) is 13.1 Å². The molecule has 20 heavy (non-hydrogen) atoms. The molecular weight excluding hydrogens is 256 g/mol. The number of nitrogens with zero attached hydrogens (tertiary/aromatic N) is 2. The number of amides is 1. The SMILES string of the molecule is CCN(CCO)C(=O)COc1ccnc2c1CCCC2. The molecule has 0 fully saturated rings. The monoisotopic (exact) mass is 278 g/mol. The van der Waals surface area contributed by atoms with Gasteiger partial charge in [-0.15, -0.1) is 0 Å². The molecule has 1 aliphatic carbocycles. The number of carbonyl (C=O) groups excluding carboxylic acids is 1. The van der Waals surface area contributed by atoms with Crippen LogP contribution >= 0.6 is 0 Å². The lowest BCUT2D eigenvalue weighted by Crippen LogP contribution is -2.36. The zero-order valence-electron chi connectivity index (χ0n) is 12.0. The summed E-state index contributed by atoms with van der Waals surface area (Å²) in [6.07, 6.45) is 6.03. The fourth-order valence-electron chi connectivity index (χ4n) is 2.54. The zero-order chi connectivity index (χ0) is 14.4. The molecule has 0 unspecified atom stereocenters. The maximum Gasteiger partial charge on any atom is 0.260 e. The summed E-state index contributed by atoms with van der Waals surface area (Å²) in [7, 11) is 0. The van der Waals surface area contributed by atoms with Crippen LogP contribution in [0.4, 0.5) is 0 Å². The fraction of sp³-hybridized carbons (Fsp3) is 0.600. The number of hydrogen-bond acceptors (Lipinski definition) is 4. The van der Waals surface area contributed by atoms with E-state index in [9.17, 15) is 4.79 Å². The molecule has 1 aliphatic rings. The molecule has 5 heteroatoms. The molecule has 2 rings (SSSR count). The Morgan fingerprint density at radius 2 is 2.25 bits per heavy atom. The predicted octanol–water partition coefficient (Wildman–Crippen LogP) is 1.18. The van der Waals surface area contributed by atoms with Crippen molar-refractivity contribution in [2.75, 3.05) is 26.3 Å². The molecule has 1 aromatic rings. The Morgan fingerprint density at radius 1 is 1.45 bits per heavy atom. The van der Waals surface area contributed by atoms with E-state index in [1.807, 2.05) is 13.0 Å². The molecule has 0 spiro atoms. The van der Waals surface area contributed by atoms with E-state index >= 15 is 0 Å². The van der Waals surface area contributed by atoms with Crippen LogP contribution in [-0.4, -0.2) is 47.2 Å². The Bertz CT molecular complexity index is 462. The number of aryl methyl sites for hydroxylation is 1. The van der Waals surface area contributed by atoms with Gasteiger partial charge in [-0.25, -0.2) is 0 Å². The van der Waals surface area contributed by atoms with E-state index in [2.05, 4.69) is 4.98 Å². The van der Waals surface area contributed by atoms with E-state index in [4.69, 9.17) is 9.84 Å². The fourth-order valence-corrected chi connectivity index (χ4v) is 2.54. The molecule has 110 valence electrons. The number of likely N-dealkylation sites (N-methyl/N-ethyl adjacent to an activating group) is 1. The Balaban J connectivity index is 1.99. The maximum atomic E-state index is 12.0. The van der Waals surface area contributed by atoms with Crippen molar-refractivity contribution < 1.29 is 14.6 Å². The second kappa shape index (κ2) is 7.24. The molecule has 0 saturated heterocycles. The van der Waals surface area contributed by atoms with E-state index in [0.717, 1.165) is 36.3 Å². The van der Waals surface area contributed by atoms with E-state index in [-0.39, 0.29) is 19.1 Å². The van der Waals surface area contributed by atoms with Crippen LogP contribution in [0.5, 0.6) is 5.75 Å². The first-order chi connectivity index (χ1) is 9.76. The lowest BCUT2D eigenvalue weighted by Gasteiger charge is -2.21. The van der Waals surface area contributed by atoms with Gasteiger partial charge < -0.3 is 14.7 Å². The third kappa shape index (κ3) is 3.48. The van der Waals surface area contributed by atoms with Crippen LogP contribution < -0.4 is 4.74 Å². The van der Waals surface area contributed by atoms with Crippen molar-refractivity contribution in [3.63, 3.8) is 0 Å². The summed E-state index contributed by atoms with van der Waals surface area (Å²) < 4.78 is 5.68. The van der Waals surface area contributed by atoms with Gasteiger partial charge in [0, 0.05) is 30.5 Å². The Labute approximate surface area is 119 Å². The minimum atomic E-state index is -0.0945. The first-order valence-corrected chi connectivity index (χ1v) is 7.24. The summed E-state index contributed by atoms with van der Waals surface area (Å²) >= 11 is 0. The number of aliphatic hydroxyl groups is 1. The average Bonchev–Trinajstić information content (AvgIpc) is 2.50. The van der Waals surface area contributed by atoms with Gasteiger partial charge in [-0.1, -0.05) is 0 Å². The van der Waals surface area contributed by atoms with Crippen molar-refractivity contribution in [1.82, 2.24) is 9.88 Å². The highest BCUT2D eigenvalue weighted by molar-refractivity contribution is 5.77. The zero-order valence-corrected chi connectivity index (χ0v) is 12.0. The highest BCUT2D eigenvalue weighted by Crippen LogP contribution is 2.27. The molecule has 0 atom stereocenters. The molecule has 1 heterocycles. The topological polar surface area (TPSA) is 62.7 Å². The largest absolute Gasteiger partial charge is 0.483 e. The van der Waals surface area contributed by atoms with Crippen LogP contribution in [0.3, 0.4) is 0 Å². The van der Waals surface area contributed by atoms with Crippen molar-refractivity contribution in [2.24, 2.45) is 0 Å². The molecule has 1 amide bonds. The smallest absolute Gasteiger partial charge is 0.260 e. The third-order valence-electron chi connectivity index (χ3n) is 3.65. The number of carbonyl (C=O) groups is 1. The second-order valence-corrected chi connectivity index (χ2v) is 4.93. The summed E-state index contributed by atoms with van der Waals surface area (Å²) in [5, 5.41) is 8.92. The Kier molecular flexibility index (Phi) is 5.35. The number of aliphatic hydroxyl groups excluding tert-OH is 1. The van der Waals surface area contributed by atoms with Gasteiger partial charge in [0.05, 0.1) is 6.61 Å². The number of fused-ring (bicyclic) bond motifs is 1. The standard InChI is InChI=1S/C15H22N2O3/c1-2-17(9-10-18)15(19)11-20-14-7-8-16-13-6-4-3-5-12(13)14/h7-8,18H,2-6,9-11H2,1H3. The molecule has 0 aromatic carbocycles. The van der Waals surface area contributed by atoms with Crippen LogP contribution in [0.25, 0.3) is 0 Å². The third-order valence-corrected chi connectivity index (χ3v) is 3.65. The summed E-state index contributed by atoms with van der Waals surface area (Å²) in [6, 6.07) is 1.83. The lowest BCUT2D eigenvalue weighted by atomic mass is 9.95. The van der Waals surface area contributed by atoms with Crippen molar-refractivity contribution in [3.8, 4) is 5.75 Å². The molecule has 0 saturated carbocycles. The normalized spacial score (nSPS) is 13.7. The average molecular weight is 278 g/mol. The minimum absolute atomic E-state index is 0.0181. The number of hydrogen-bond donors (Lipinski definition) is 1. The molecular formula is C15H22N2O3. The summed E-state index contributed by atoms with van der Waals surface area (Å²) in [5.74, 6) is 0.686. The van der Waals surface area contributed by atoms with Gasteiger partial charge in [-0.3, -0.25) is 9.78 Å². The summed E-state index contributed by atoms with van der Waals surface area (Å²) in [5.41, 5.74) is 2.25. The van der Waals surface area contributed by atoms with Gasteiger partial charge in [0.2, 0.25) is 0 Å². The quantitative estimate of drug-likeness (QED) is 0.849. The van der Waals surface area contributed by atoms with Gasteiger partial charge in [-0.05, 0) is 38.7 Å². The molecule has 0 bridgehead atoms. The first kappa shape index (κ1) is 14.8. The van der Waals surface area contributed by atoms with Crippen LogP contribution in [-0.2, 0) is 17.6 Å².